The maximum atomic E-state index is 10.5. The van der Waals surface area contributed by atoms with Gasteiger partial charge in [-0.15, -0.1) is 0 Å². The molecule has 0 aliphatic heterocycles. The van der Waals surface area contributed by atoms with Crippen molar-refractivity contribution in [3.8, 4) is 0 Å². The third-order valence-corrected chi connectivity index (χ3v) is 0.864. The lowest BCUT2D eigenvalue weighted by Crippen LogP contribution is -2.25. The molecule has 0 saturated heterocycles. The summed E-state index contributed by atoms with van der Waals surface area (Å²) < 4.78 is 0. The van der Waals surface area contributed by atoms with Crippen molar-refractivity contribution in [3.05, 3.63) is 12.7 Å². The van der Waals surface area contributed by atoms with Gasteiger partial charge in [-0.1, -0.05) is 13.5 Å². The average Bonchev–Trinajstić information content (AvgIpc) is 1.87. The molecule has 0 heterocycles. The van der Waals surface area contributed by atoms with Gasteiger partial charge in [0.2, 0.25) is 0 Å². The molecule has 0 saturated carbocycles. The van der Waals surface area contributed by atoms with Gasteiger partial charge in [0.25, 0.3) is 5.91 Å². The number of carbonyl (C=O) groups is 1. The second kappa shape index (κ2) is 4.09. The minimum absolute atomic E-state index is 0.366. The summed E-state index contributed by atoms with van der Waals surface area (Å²) in [7, 11) is 0. The lowest BCUT2D eigenvalue weighted by atomic mass is 10.4. The van der Waals surface area contributed by atoms with Crippen molar-refractivity contribution in [2.24, 2.45) is 0 Å². The maximum absolute atomic E-state index is 10.5. The van der Waals surface area contributed by atoms with E-state index in [-0.39, 0.29) is 0 Å². The van der Waals surface area contributed by atoms with Crippen LogP contribution < -0.4 is 0 Å². The summed E-state index contributed by atoms with van der Waals surface area (Å²) in [5, 5.41) is 9.38. The average molecular weight is 129 g/mol. The molecule has 0 atom stereocenters. The summed E-state index contributed by atoms with van der Waals surface area (Å²) in [5.41, 5.74) is 0. The molecule has 0 aromatic heterocycles. The van der Waals surface area contributed by atoms with Crippen molar-refractivity contribution in [1.82, 2.24) is 5.06 Å². The van der Waals surface area contributed by atoms with E-state index in [1.165, 1.54) is 0 Å². The van der Waals surface area contributed by atoms with Crippen molar-refractivity contribution in [2.45, 2.75) is 13.3 Å². The molecular formula is C6H11NO2. The van der Waals surface area contributed by atoms with Gasteiger partial charge in [-0.05, 0) is 12.5 Å². The Bertz CT molecular complexity index is 112. The highest BCUT2D eigenvalue weighted by Gasteiger charge is 2.02. The predicted octanol–water partition coefficient (Wildman–Crippen LogP) is 0.800. The van der Waals surface area contributed by atoms with Crippen LogP contribution in [0.1, 0.15) is 13.3 Å². The smallest absolute Gasteiger partial charge is 0.269 e. The lowest BCUT2D eigenvalue weighted by molar-refractivity contribution is -0.159. The zero-order valence-corrected chi connectivity index (χ0v) is 5.50. The molecule has 52 valence electrons. The van der Waals surface area contributed by atoms with Gasteiger partial charge in [-0.3, -0.25) is 10.0 Å². The fourth-order valence-corrected chi connectivity index (χ4v) is 0.427. The minimum atomic E-state index is -0.447. The van der Waals surface area contributed by atoms with Crippen molar-refractivity contribution in [3.63, 3.8) is 0 Å². The van der Waals surface area contributed by atoms with Crippen LogP contribution in [0.15, 0.2) is 12.7 Å². The first-order chi connectivity index (χ1) is 4.22. The molecule has 0 aliphatic rings. The lowest BCUT2D eigenvalue weighted by Gasteiger charge is -2.09. The van der Waals surface area contributed by atoms with Crippen molar-refractivity contribution < 1.29 is 10.0 Å². The van der Waals surface area contributed by atoms with Crippen LogP contribution in [0.2, 0.25) is 0 Å². The highest BCUT2D eigenvalue weighted by molar-refractivity contribution is 5.85. The molecule has 3 heteroatoms. The van der Waals surface area contributed by atoms with E-state index in [0.29, 0.717) is 11.6 Å². The van der Waals surface area contributed by atoms with Crippen LogP contribution in [0, 0.1) is 0 Å². The van der Waals surface area contributed by atoms with Crippen LogP contribution in [0.5, 0.6) is 0 Å². The first-order valence-electron chi connectivity index (χ1n) is 2.85. The molecule has 0 aromatic carbocycles. The first-order valence-corrected chi connectivity index (χ1v) is 2.85. The monoisotopic (exact) mass is 129 g/mol. The molecule has 1 amide bonds. The Kier molecular flexibility index (Phi) is 3.71. The van der Waals surface area contributed by atoms with Gasteiger partial charge in [-0.25, -0.2) is 5.06 Å². The quantitative estimate of drug-likeness (QED) is 0.348. The molecule has 0 aromatic rings. The summed E-state index contributed by atoms with van der Waals surface area (Å²) >= 11 is 0. The summed E-state index contributed by atoms with van der Waals surface area (Å²) in [6.07, 6.45) is 1.83. The zero-order chi connectivity index (χ0) is 7.28. The number of hydrogen-bond donors (Lipinski definition) is 1. The number of hydrogen-bond acceptors (Lipinski definition) is 2. The van der Waals surface area contributed by atoms with Crippen LogP contribution in [-0.4, -0.2) is 22.7 Å². The van der Waals surface area contributed by atoms with Crippen molar-refractivity contribution in [2.75, 3.05) is 6.54 Å². The van der Waals surface area contributed by atoms with Crippen LogP contribution in [0.25, 0.3) is 0 Å². The second-order valence-corrected chi connectivity index (χ2v) is 1.67. The van der Waals surface area contributed by atoms with Crippen LogP contribution in [-0.2, 0) is 4.79 Å². The van der Waals surface area contributed by atoms with Crippen LogP contribution >= 0.6 is 0 Å². The third kappa shape index (κ3) is 2.87. The zero-order valence-electron chi connectivity index (χ0n) is 5.50. The Balaban J connectivity index is 3.58. The molecule has 0 radical (unpaired) electrons. The molecule has 0 unspecified atom stereocenters. The van der Waals surface area contributed by atoms with E-state index in [4.69, 9.17) is 5.21 Å². The Morgan fingerprint density at radius 2 is 2.44 bits per heavy atom. The van der Waals surface area contributed by atoms with Gasteiger partial charge in [-0.2, -0.15) is 0 Å². The van der Waals surface area contributed by atoms with E-state index in [2.05, 4.69) is 6.58 Å². The van der Waals surface area contributed by atoms with E-state index in [9.17, 15) is 4.79 Å². The number of hydroxylamine groups is 2. The molecule has 0 rings (SSSR count). The van der Waals surface area contributed by atoms with E-state index in [1.807, 2.05) is 6.92 Å². The fraction of sp³-hybridized carbons (Fsp3) is 0.500. The van der Waals surface area contributed by atoms with Crippen molar-refractivity contribution in [1.29, 1.82) is 0 Å². The maximum Gasteiger partial charge on any atom is 0.269 e. The van der Waals surface area contributed by atoms with Gasteiger partial charge in [0.1, 0.15) is 0 Å². The van der Waals surface area contributed by atoms with E-state index in [0.717, 1.165) is 12.5 Å². The predicted molar refractivity (Wildman–Crippen MR) is 34.0 cm³/mol. The molecule has 9 heavy (non-hydrogen) atoms. The Hall–Kier alpha value is -0.830. The molecule has 0 bridgehead atoms. The van der Waals surface area contributed by atoms with Gasteiger partial charge < -0.3 is 0 Å². The molecule has 1 N–H and O–H groups in total. The normalized spacial score (nSPS) is 8.67. The number of carbonyl (C=O) groups excluding carboxylic acids is 1. The molecule has 0 aliphatic carbocycles. The molecule has 3 nitrogen and oxygen atoms in total. The summed E-state index contributed by atoms with van der Waals surface area (Å²) in [4.78, 5) is 10.5. The highest BCUT2D eigenvalue weighted by atomic mass is 16.5. The largest absolute Gasteiger partial charge is 0.286 e. The van der Waals surface area contributed by atoms with Gasteiger partial charge in [0, 0.05) is 6.54 Å². The number of amides is 1. The fourth-order valence-electron chi connectivity index (χ4n) is 0.427. The molecular weight excluding hydrogens is 118 g/mol. The highest BCUT2D eigenvalue weighted by Crippen LogP contribution is 1.86. The Morgan fingerprint density at radius 3 is 2.78 bits per heavy atom. The van der Waals surface area contributed by atoms with E-state index < -0.39 is 5.91 Å². The molecule has 0 fully saturated rings. The Labute approximate surface area is 54.5 Å². The Morgan fingerprint density at radius 1 is 1.89 bits per heavy atom. The van der Waals surface area contributed by atoms with E-state index in [1.54, 1.807) is 0 Å². The van der Waals surface area contributed by atoms with Crippen LogP contribution in [0.3, 0.4) is 0 Å². The third-order valence-electron chi connectivity index (χ3n) is 0.864. The van der Waals surface area contributed by atoms with Gasteiger partial charge in [0.05, 0.1) is 0 Å². The topological polar surface area (TPSA) is 40.5 Å². The number of rotatable bonds is 3. The summed E-state index contributed by atoms with van der Waals surface area (Å²) in [6, 6.07) is 0. The minimum Gasteiger partial charge on any atom is -0.286 e. The summed E-state index contributed by atoms with van der Waals surface area (Å²) in [6.45, 7) is 5.45. The molecule has 0 spiro atoms. The summed E-state index contributed by atoms with van der Waals surface area (Å²) in [5.74, 6) is -0.447. The number of nitrogens with zero attached hydrogens (tertiary/aromatic N) is 1. The standard InChI is InChI=1S/C6H11NO2/c1-3-5-7(9)6(8)4-2/h4,9H,2-3,5H2,1H3. The van der Waals surface area contributed by atoms with Crippen LogP contribution in [0.4, 0.5) is 0 Å². The first kappa shape index (κ1) is 8.17. The van der Waals surface area contributed by atoms with Gasteiger partial charge >= 0.3 is 0 Å². The van der Waals surface area contributed by atoms with E-state index >= 15 is 0 Å². The van der Waals surface area contributed by atoms with Gasteiger partial charge in [0.15, 0.2) is 0 Å². The van der Waals surface area contributed by atoms with Crippen molar-refractivity contribution >= 4 is 5.91 Å². The SMILES string of the molecule is C=CC(=O)N(O)CCC. The second-order valence-electron chi connectivity index (χ2n) is 1.67.